The molecule has 2 N–H and O–H groups in total. The van der Waals surface area contributed by atoms with Crippen LogP contribution in [0.4, 0.5) is 0 Å². The van der Waals surface area contributed by atoms with Gasteiger partial charge in [0.05, 0.1) is 12.2 Å². The van der Waals surface area contributed by atoms with E-state index in [1.165, 1.54) is 35.1 Å². The molecule has 2 aromatic heterocycles. The summed E-state index contributed by atoms with van der Waals surface area (Å²) in [7, 11) is 0. The van der Waals surface area contributed by atoms with Gasteiger partial charge in [-0.3, -0.25) is 9.69 Å². The third kappa shape index (κ3) is 3.66. The Morgan fingerprint density at radius 2 is 2.12 bits per heavy atom. The Balaban J connectivity index is 1.35. The lowest BCUT2D eigenvalue weighted by Crippen LogP contribution is -2.25. The molecular formula is C20H24N4OS. The summed E-state index contributed by atoms with van der Waals surface area (Å²) in [6, 6.07) is 8.25. The maximum absolute atomic E-state index is 12.5. The number of carbonyl (C=O) groups is 1. The number of H-pyrrole nitrogens is 1. The van der Waals surface area contributed by atoms with Gasteiger partial charge in [-0.05, 0) is 50.9 Å². The molecule has 3 heterocycles. The van der Waals surface area contributed by atoms with Gasteiger partial charge < -0.3 is 10.3 Å². The van der Waals surface area contributed by atoms with Gasteiger partial charge in [0.1, 0.15) is 9.88 Å². The molecule has 0 atom stereocenters. The number of aryl methyl sites for hydroxylation is 1. The van der Waals surface area contributed by atoms with Crippen molar-refractivity contribution in [2.45, 2.75) is 32.7 Å². The van der Waals surface area contributed by atoms with E-state index >= 15 is 0 Å². The highest BCUT2D eigenvalue weighted by molar-refractivity contribution is 7.13. The monoisotopic (exact) mass is 368 g/mol. The van der Waals surface area contributed by atoms with Gasteiger partial charge in [0.2, 0.25) is 0 Å². The van der Waals surface area contributed by atoms with Crippen LogP contribution < -0.4 is 5.32 Å². The van der Waals surface area contributed by atoms with Crippen LogP contribution in [0.1, 0.15) is 38.8 Å². The summed E-state index contributed by atoms with van der Waals surface area (Å²) in [6.45, 7) is 5.71. The van der Waals surface area contributed by atoms with Crippen LogP contribution in [0.2, 0.25) is 0 Å². The fourth-order valence-corrected chi connectivity index (χ4v) is 4.62. The summed E-state index contributed by atoms with van der Waals surface area (Å²) in [5.41, 5.74) is 3.21. The van der Waals surface area contributed by atoms with Gasteiger partial charge in [-0.15, -0.1) is 11.3 Å². The maximum atomic E-state index is 12.5. The summed E-state index contributed by atoms with van der Waals surface area (Å²) in [4.78, 5) is 23.6. The minimum atomic E-state index is -0.00693. The molecule has 4 rings (SSSR count). The van der Waals surface area contributed by atoms with Crippen LogP contribution >= 0.6 is 11.3 Å². The molecule has 0 saturated carbocycles. The van der Waals surface area contributed by atoms with Gasteiger partial charge in [0, 0.05) is 23.6 Å². The number of carbonyl (C=O) groups excluding carboxylic acids is 1. The van der Waals surface area contributed by atoms with Gasteiger partial charge in [0.25, 0.3) is 5.91 Å². The number of nitrogens with zero attached hydrogens (tertiary/aromatic N) is 2. The molecule has 0 aliphatic carbocycles. The molecule has 6 heteroatoms. The standard InChI is InChI=1S/C20H24N4OS/c1-14-19(26-18(23-14)13-24-10-4-5-11-24)20(25)21-9-8-15-12-22-17-7-3-2-6-16(15)17/h2-3,6-7,12,22H,4-5,8-11,13H2,1H3,(H,21,25). The van der Waals surface area contributed by atoms with Crippen molar-refractivity contribution in [1.82, 2.24) is 20.2 Å². The summed E-state index contributed by atoms with van der Waals surface area (Å²) in [6.07, 6.45) is 5.38. The molecule has 1 aliphatic rings. The summed E-state index contributed by atoms with van der Waals surface area (Å²) in [5, 5.41) is 5.33. The second kappa shape index (κ2) is 7.60. The van der Waals surface area contributed by atoms with E-state index in [9.17, 15) is 4.79 Å². The third-order valence-corrected chi connectivity index (χ3v) is 6.10. The van der Waals surface area contributed by atoms with Crippen LogP contribution in [0, 0.1) is 6.92 Å². The van der Waals surface area contributed by atoms with Crippen molar-refractivity contribution in [1.29, 1.82) is 0 Å². The first-order valence-electron chi connectivity index (χ1n) is 9.22. The average molecular weight is 369 g/mol. The van der Waals surface area contributed by atoms with Gasteiger partial charge in [-0.25, -0.2) is 4.98 Å². The smallest absolute Gasteiger partial charge is 0.263 e. The van der Waals surface area contributed by atoms with E-state index in [4.69, 9.17) is 0 Å². The van der Waals surface area contributed by atoms with Crippen LogP contribution in [0.5, 0.6) is 0 Å². The number of benzene rings is 1. The molecule has 136 valence electrons. The fraction of sp³-hybridized carbons (Fsp3) is 0.400. The van der Waals surface area contributed by atoms with E-state index in [1.54, 1.807) is 0 Å². The predicted molar refractivity (Wildman–Crippen MR) is 106 cm³/mol. The van der Waals surface area contributed by atoms with Gasteiger partial charge in [-0.2, -0.15) is 0 Å². The molecule has 1 aromatic carbocycles. The maximum Gasteiger partial charge on any atom is 0.263 e. The highest BCUT2D eigenvalue weighted by Gasteiger charge is 2.18. The van der Waals surface area contributed by atoms with E-state index in [0.29, 0.717) is 6.54 Å². The van der Waals surface area contributed by atoms with Gasteiger partial charge in [0.15, 0.2) is 0 Å². The van der Waals surface area contributed by atoms with Crippen molar-refractivity contribution in [3.8, 4) is 0 Å². The first-order valence-corrected chi connectivity index (χ1v) is 10.0. The molecule has 1 amide bonds. The van der Waals surface area contributed by atoms with E-state index < -0.39 is 0 Å². The molecular weight excluding hydrogens is 344 g/mol. The Hall–Kier alpha value is -2.18. The number of nitrogens with one attached hydrogen (secondary N) is 2. The highest BCUT2D eigenvalue weighted by Crippen LogP contribution is 2.22. The Morgan fingerprint density at radius 3 is 2.96 bits per heavy atom. The zero-order valence-corrected chi connectivity index (χ0v) is 15.9. The number of hydrogen-bond acceptors (Lipinski definition) is 4. The zero-order chi connectivity index (χ0) is 17.9. The largest absolute Gasteiger partial charge is 0.361 e. The summed E-state index contributed by atoms with van der Waals surface area (Å²) < 4.78 is 0. The van der Waals surface area contributed by atoms with Crippen LogP contribution in [-0.4, -0.2) is 40.4 Å². The number of aromatic amines is 1. The first kappa shape index (κ1) is 17.2. The van der Waals surface area contributed by atoms with Crippen molar-refractivity contribution >= 4 is 28.1 Å². The topological polar surface area (TPSA) is 61.0 Å². The molecule has 0 spiro atoms. The number of amides is 1. The minimum Gasteiger partial charge on any atom is -0.361 e. The second-order valence-electron chi connectivity index (χ2n) is 6.87. The lowest BCUT2D eigenvalue weighted by Gasteiger charge is -2.11. The number of likely N-dealkylation sites (tertiary alicyclic amines) is 1. The molecule has 0 radical (unpaired) electrons. The Morgan fingerprint density at radius 1 is 1.31 bits per heavy atom. The number of rotatable bonds is 6. The Kier molecular flexibility index (Phi) is 5.04. The third-order valence-electron chi connectivity index (χ3n) is 4.96. The van der Waals surface area contributed by atoms with Crippen molar-refractivity contribution < 1.29 is 4.79 Å². The quantitative estimate of drug-likeness (QED) is 0.700. The molecule has 0 unspecified atom stereocenters. The molecule has 0 bridgehead atoms. The normalized spacial score (nSPS) is 15.0. The number of fused-ring (bicyclic) bond motifs is 1. The van der Waals surface area contributed by atoms with Crippen molar-refractivity contribution in [2.75, 3.05) is 19.6 Å². The molecule has 1 saturated heterocycles. The lowest BCUT2D eigenvalue weighted by molar-refractivity contribution is 0.0957. The molecule has 3 aromatic rings. The molecule has 5 nitrogen and oxygen atoms in total. The van der Waals surface area contributed by atoms with Gasteiger partial charge >= 0.3 is 0 Å². The molecule has 26 heavy (non-hydrogen) atoms. The van der Waals surface area contributed by atoms with Crippen LogP contribution in [0.25, 0.3) is 10.9 Å². The van der Waals surface area contributed by atoms with Crippen LogP contribution in [-0.2, 0) is 13.0 Å². The SMILES string of the molecule is Cc1nc(CN2CCCC2)sc1C(=O)NCCc1c[nH]c2ccccc12. The predicted octanol–water partition coefficient (Wildman–Crippen LogP) is 3.50. The lowest BCUT2D eigenvalue weighted by atomic mass is 10.1. The minimum absolute atomic E-state index is 0.00693. The van der Waals surface area contributed by atoms with Gasteiger partial charge in [-0.1, -0.05) is 18.2 Å². The first-order chi connectivity index (χ1) is 12.7. The highest BCUT2D eigenvalue weighted by atomic mass is 32.1. The van der Waals surface area contributed by atoms with E-state index in [2.05, 4.69) is 32.3 Å². The van der Waals surface area contributed by atoms with E-state index in [1.807, 2.05) is 25.3 Å². The summed E-state index contributed by atoms with van der Waals surface area (Å²) >= 11 is 1.53. The average Bonchev–Trinajstić information content (AvgIpc) is 3.36. The second-order valence-corrected chi connectivity index (χ2v) is 7.95. The van der Waals surface area contributed by atoms with Crippen LogP contribution in [0.15, 0.2) is 30.5 Å². The Bertz CT molecular complexity index is 908. The fourth-order valence-electron chi connectivity index (χ4n) is 3.59. The van der Waals surface area contributed by atoms with E-state index in [-0.39, 0.29) is 5.91 Å². The molecule has 1 aliphatic heterocycles. The summed E-state index contributed by atoms with van der Waals surface area (Å²) in [5.74, 6) is -0.00693. The van der Waals surface area contributed by atoms with Crippen molar-refractivity contribution in [3.05, 3.63) is 51.6 Å². The van der Waals surface area contributed by atoms with Crippen molar-refractivity contribution in [3.63, 3.8) is 0 Å². The molecule has 1 fully saturated rings. The number of thiazole rings is 1. The Labute approximate surface area is 157 Å². The number of aromatic nitrogens is 2. The number of para-hydroxylation sites is 1. The van der Waals surface area contributed by atoms with Crippen molar-refractivity contribution in [2.24, 2.45) is 0 Å². The zero-order valence-electron chi connectivity index (χ0n) is 15.0. The van der Waals surface area contributed by atoms with Crippen LogP contribution in [0.3, 0.4) is 0 Å². The van der Waals surface area contributed by atoms with E-state index in [0.717, 1.165) is 47.2 Å². The number of hydrogen-bond donors (Lipinski definition) is 2.